The molecule has 24 heavy (non-hydrogen) atoms. The summed E-state index contributed by atoms with van der Waals surface area (Å²) in [6, 6.07) is 8.30. The van der Waals surface area contributed by atoms with Crippen LogP contribution in [-0.4, -0.2) is 22.3 Å². The van der Waals surface area contributed by atoms with Crippen molar-refractivity contribution < 1.29 is 0 Å². The van der Waals surface area contributed by atoms with E-state index in [2.05, 4.69) is 54.4 Å². The van der Waals surface area contributed by atoms with E-state index in [-0.39, 0.29) is 24.0 Å². The molecule has 0 saturated carbocycles. The van der Waals surface area contributed by atoms with E-state index in [0.29, 0.717) is 18.4 Å². The fourth-order valence-electron chi connectivity index (χ4n) is 2.61. The number of aryl methyl sites for hydroxylation is 2. The molecule has 5 nitrogen and oxygen atoms in total. The Hall–Kier alpha value is -1.57. The SMILES string of the molecule is CCc1cccc(CC)c1NC(N)=NCC(C)Cn1cccn1.I. The summed E-state index contributed by atoms with van der Waals surface area (Å²) < 4.78 is 1.92. The van der Waals surface area contributed by atoms with Gasteiger partial charge in [0.1, 0.15) is 0 Å². The monoisotopic (exact) mass is 441 g/mol. The largest absolute Gasteiger partial charge is 0.370 e. The molecule has 1 atom stereocenters. The summed E-state index contributed by atoms with van der Waals surface area (Å²) in [7, 11) is 0. The molecule has 0 aliphatic heterocycles. The summed E-state index contributed by atoms with van der Waals surface area (Å²) in [6.45, 7) is 7.97. The Morgan fingerprint density at radius 3 is 2.46 bits per heavy atom. The number of anilines is 1. The van der Waals surface area contributed by atoms with Gasteiger partial charge >= 0.3 is 0 Å². The fourth-order valence-corrected chi connectivity index (χ4v) is 2.61. The van der Waals surface area contributed by atoms with Crippen molar-refractivity contribution in [3.63, 3.8) is 0 Å². The number of benzene rings is 1. The van der Waals surface area contributed by atoms with Crippen LogP contribution in [0.1, 0.15) is 31.9 Å². The maximum atomic E-state index is 6.09. The molecule has 2 rings (SSSR count). The summed E-state index contributed by atoms with van der Waals surface area (Å²) in [4.78, 5) is 4.49. The molecule has 3 N–H and O–H groups in total. The number of nitrogens with zero attached hydrogens (tertiary/aromatic N) is 3. The molecular weight excluding hydrogens is 413 g/mol. The lowest BCUT2D eigenvalue weighted by molar-refractivity contribution is 0.459. The summed E-state index contributed by atoms with van der Waals surface area (Å²) in [5, 5.41) is 7.52. The highest BCUT2D eigenvalue weighted by atomic mass is 127. The topological polar surface area (TPSA) is 68.2 Å². The van der Waals surface area contributed by atoms with E-state index in [0.717, 1.165) is 25.1 Å². The van der Waals surface area contributed by atoms with Crippen molar-refractivity contribution in [3.8, 4) is 0 Å². The predicted octanol–water partition coefficient (Wildman–Crippen LogP) is 3.69. The van der Waals surface area contributed by atoms with E-state index < -0.39 is 0 Å². The Morgan fingerprint density at radius 2 is 1.92 bits per heavy atom. The third kappa shape index (κ3) is 5.81. The average molecular weight is 441 g/mol. The highest BCUT2D eigenvalue weighted by Crippen LogP contribution is 2.22. The Morgan fingerprint density at radius 1 is 1.25 bits per heavy atom. The van der Waals surface area contributed by atoms with Crippen LogP contribution in [0.15, 0.2) is 41.7 Å². The molecule has 0 aliphatic carbocycles. The minimum absolute atomic E-state index is 0. The van der Waals surface area contributed by atoms with Crippen molar-refractivity contribution >= 4 is 35.6 Å². The molecule has 1 unspecified atom stereocenters. The number of nitrogens with two attached hydrogens (primary N) is 1. The van der Waals surface area contributed by atoms with Crippen molar-refractivity contribution in [1.82, 2.24) is 9.78 Å². The van der Waals surface area contributed by atoms with Crippen LogP contribution >= 0.6 is 24.0 Å². The fraction of sp³-hybridized carbons (Fsp3) is 0.444. The number of hydrogen-bond acceptors (Lipinski definition) is 2. The molecule has 0 amide bonds. The highest BCUT2D eigenvalue weighted by molar-refractivity contribution is 14.0. The van der Waals surface area contributed by atoms with Crippen molar-refractivity contribution in [1.29, 1.82) is 0 Å². The van der Waals surface area contributed by atoms with Gasteiger partial charge < -0.3 is 11.1 Å². The summed E-state index contributed by atoms with van der Waals surface area (Å²) >= 11 is 0. The second kappa shape index (κ2) is 10.3. The van der Waals surface area contributed by atoms with Gasteiger partial charge in [-0.2, -0.15) is 5.10 Å². The zero-order chi connectivity index (χ0) is 16.7. The number of nitrogens with one attached hydrogen (secondary N) is 1. The smallest absolute Gasteiger partial charge is 0.193 e. The zero-order valence-electron chi connectivity index (χ0n) is 14.7. The van der Waals surface area contributed by atoms with Gasteiger partial charge in [-0.05, 0) is 36.0 Å². The lowest BCUT2D eigenvalue weighted by Gasteiger charge is -2.15. The highest BCUT2D eigenvalue weighted by Gasteiger charge is 2.08. The molecule has 0 radical (unpaired) electrons. The van der Waals surface area contributed by atoms with E-state index in [1.807, 2.05) is 16.9 Å². The molecule has 6 heteroatoms. The Labute approximate surface area is 161 Å². The second-order valence-corrected chi connectivity index (χ2v) is 5.84. The van der Waals surface area contributed by atoms with Crippen LogP contribution in [0, 0.1) is 5.92 Å². The summed E-state index contributed by atoms with van der Waals surface area (Å²) in [5.41, 5.74) is 9.74. The van der Waals surface area contributed by atoms with Crippen molar-refractivity contribution in [2.45, 2.75) is 40.2 Å². The second-order valence-electron chi connectivity index (χ2n) is 5.84. The lowest BCUT2D eigenvalue weighted by atomic mass is 10.0. The molecule has 1 aromatic heterocycles. The quantitative estimate of drug-likeness (QED) is 0.391. The first-order valence-corrected chi connectivity index (χ1v) is 8.29. The number of halogens is 1. The maximum absolute atomic E-state index is 6.09. The molecule has 2 aromatic rings. The molecule has 132 valence electrons. The summed E-state index contributed by atoms with van der Waals surface area (Å²) in [6.07, 6.45) is 5.70. The van der Waals surface area contributed by atoms with Crippen LogP contribution in [0.2, 0.25) is 0 Å². The van der Waals surface area contributed by atoms with Gasteiger partial charge in [0, 0.05) is 31.2 Å². The average Bonchev–Trinajstić information content (AvgIpc) is 3.06. The van der Waals surface area contributed by atoms with Gasteiger partial charge in [-0.3, -0.25) is 9.67 Å². The van der Waals surface area contributed by atoms with Crippen molar-refractivity contribution in [2.24, 2.45) is 16.6 Å². The normalized spacial score (nSPS) is 12.5. The zero-order valence-corrected chi connectivity index (χ0v) is 17.0. The van der Waals surface area contributed by atoms with E-state index in [9.17, 15) is 0 Å². The molecule has 0 bridgehead atoms. The van der Waals surface area contributed by atoms with Gasteiger partial charge in [-0.15, -0.1) is 24.0 Å². The van der Waals surface area contributed by atoms with Gasteiger partial charge in [0.15, 0.2) is 5.96 Å². The standard InChI is InChI=1S/C18H27N5.HI/c1-4-15-8-6-9-16(5-2)17(15)22-18(19)20-12-14(3)13-23-11-7-10-21-23;/h6-11,14H,4-5,12-13H2,1-3H3,(H3,19,20,22);1H. The van der Waals surface area contributed by atoms with Crippen LogP contribution in [-0.2, 0) is 19.4 Å². The molecule has 0 saturated heterocycles. The van der Waals surface area contributed by atoms with Crippen molar-refractivity contribution in [3.05, 3.63) is 47.8 Å². The number of rotatable bonds is 7. The van der Waals surface area contributed by atoms with Gasteiger partial charge in [0.05, 0.1) is 0 Å². The van der Waals surface area contributed by atoms with Crippen LogP contribution in [0.25, 0.3) is 0 Å². The number of hydrogen-bond donors (Lipinski definition) is 2. The minimum atomic E-state index is 0. The Bertz CT molecular complexity index is 615. The molecule has 0 aliphatic rings. The molecule has 1 heterocycles. The molecular formula is C18H28IN5. The third-order valence-electron chi connectivity index (χ3n) is 3.88. The molecule has 1 aromatic carbocycles. The number of para-hydroxylation sites is 1. The Balaban J connectivity index is 0.00000288. The van der Waals surface area contributed by atoms with Crippen LogP contribution in [0.3, 0.4) is 0 Å². The third-order valence-corrected chi connectivity index (χ3v) is 3.88. The van der Waals surface area contributed by atoms with Gasteiger partial charge in [0.2, 0.25) is 0 Å². The van der Waals surface area contributed by atoms with Gasteiger partial charge in [-0.1, -0.05) is 39.0 Å². The van der Waals surface area contributed by atoms with Crippen LogP contribution in [0.4, 0.5) is 5.69 Å². The predicted molar refractivity (Wildman–Crippen MR) is 112 cm³/mol. The minimum Gasteiger partial charge on any atom is -0.370 e. The van der Waals surface area contributed by atoms with E-state index in [1.165, 1.54) is 11.1 Å². The van der Waals surface area contributed by atoms with E-state index >= 15 is 0 Å². The summed E-state index contributed by atoms with van der Waals surface area (Å²) in [5.74, 6) is 0.857. The maximum Gasteiger partial charge on any atom is 0.193 e. The van der Waals surface area contributed by atoms with Gasteiger partial charge in [0.25, 0.3) is 0 Å². The number of guanidine groups is 1. The van der Waals surface area contributed by atoms with E-state index in [4.69, 9.17) is 5.73 Å². The first-order chi connectivity index (χ1) is 11.1. The number of aliphatic imine (C=N–C) groups is 1. The van der Waals surface area contributed by atoms with E-state index in [1.54, 1.807) is 6.20 Å². The van der Waals surface area contributed by atoms with Crippen LogP contribution in [0.5, 0.6) is 0 Å². The molecule has 0 spiro atoms. The van der Waals surface area contributed by atoms with Crippen LogP contribution < -0.4 is 11.1 Å². The van der Waals surface area contributed by atoms with Gasteiger partial charge in [-0.25, -0.2) is 0 Å². The van der Waals surface area contributed by atoms with Crippen molar-refractivity contribution in [2.75, 3.05) is 11.9 Å². The first-order valence-electron chi connectivity index (χ1n) is 8.29. The Kier molecular flexibility index (Phi) is 8.81. The lowest BCUT2D eigenvalue weighted by Crippen LogP contribution is -2.25. The first kappa shape index (κ1) is 20.5. The molecule has 0 fully saturated rings. The number of aromatic nitrogens is 2.